The monoisotopic (exact) mass is 1120 g/mol. The zero-order valence-corrected chi connectivity index (χ0v) is 48.0. The summed E-state index contributed by atoms with van der Waals surface area (Å²) in [5.41, 5.74) is 10.8. The predicted octanol–water partition coefficient (Wildman–Crippen LogP) is 17.7. The fourth-order valence-electron chi connectivity index (χ4n) is 7.51. The minimum absolute atomic E-state index is 0. The number of phenolic OH excluding ortho intramolecular Hbond substituents is 4. The maximum Gasteiger partial charge on any atom is 2.00 e. The van der Waals surface area contributed by atoms with Crippen LogP contribution in [-0.2, 0) is 39.0 Å². The first-order valence-corrected chi connectivity index (χ1v) is 23.3. The van der Waals surface area contributed by atoms with Crippen LogP contribution >= 0.6 is 45.3 Å². The van der Waals surface area contributed by atoms with Gasteiger partial charge in [-0.2, -0.15) is 0 Å². The van der Waals surface area contributed by atoms with Gasteiger partial charge in [-0.3, -0.25) is 0 Å². The topological polar surface area (TPSA) is 132 Å². The van der Waals surface area contributed by atoms with Crippen molar-refractivity contribution in [3.05, 3.63) is 200 Å². The summed E-state index contributed by atoms with van der Waals surface area (Å²) in [5.74, 6) is 0.948. The van der Waals surface area contributed by atoms with Gasteiger partial charge in [0.05, 0.1) is 63.1 Å². The zero-order chi connectivity index (χ0) is 43.3. The molecule has 0 bridgehead atoms. The van der Waals surface area contributed by atoms with Crippen LogP contribution in [0.2, 0.25) is 0 Å². The molecular formula is C58H52N4O4S4Zn2. The Hall–Kier alpha value is -6.23. The molecule has 0 unspecified atom stereocenters. The van der Waals surface area contributed by atoms with E-state index in [1.165, 1.54) is 0 Å². The van der Waals surface area contributed by atoms with Crippen molar-refractivity contribution in [2.24, 2.45) is 0 Å². The normalized spacial score (nSPS) is 10.1. The molecule has 4 N–H and O–H groups in total. The van der Waals surface area contributed by atoms with E-state index in [0.717, 1.165) is 105 Å². The summed E-state index contributed by atoms with van der Waals surface area (Å²) in [6.45, 7) is 0. The second-order valence-corrected chi connectivity index (χ2v) is 19.0. The van der Waals surface area contributed by atoms with Gasteiger partial charge in [0.2, 0.25) is 0 Å². The summed E-state index contributed by atoms with van der Waals surface area (Å²) in [7, 11) is 0. The molecule has 12 rings (SSSR count). The minimum atomic E-state index is 0. The van der Waals surface area contributed by atoms with Crippen LogP contribution < -0.4 is 0 Å². The first-order chi connectivity index (χ1) is 31.3. The molecule has 12 aromatic rings. The molecule has 14 heteroatoms. The van der Waals surface area contributed by atoms with Crippen LogP contribution in [0.5, 0.6) is 23.0 Å². The van der Waals surface area contributed by atoms with Crippen LogP contribution in [-0.4, -0.2) is 40.4 Å². The average molecular weight is 1130 g/mol. The summed E-state index contributed by atoms with van der Waals surface area (Å²) >= 11 is 6.27. The Labute approximate surface area is 463 Å². The summed E-state index contributed by atoms with van der Waals surface area (Å²) in [6, 6.07) is 54.0. The van der Waals surface area contributed by atoms with Crippen molar-refractivity contribution in [3.8, 4) is 87.5 Å². The van der Waals surface area contributed by atoms with Gasteiger partial charge in [0.1, 0.15) is 43.0 Å². The number of hydrogen-bond donors (Lipinski definition) is 4. The third-order valence-corrected chi connectivity index (χ3v) is 15.0. The Bertz CT molecular complexity index is 3250. The Morgan fingerprint density at radius 1 is 0.278 bits per heavy atom. The second-order valence-electron chi connectivity index (χ2n) is 14.9. The number of thiazole rings is 4. The average Bonchev–Trinajstić information content (AvgIpc) is 4.13. The predicted molar refractivity (Wildman–Crippen MR) is 304 cm³/mol. The van der Waals surface area contributed by atoms with E-state index in [9.17, 15) is 20.4 Å². The number of fused-ring (bicyclic) bond motifs is 4. The van der Waals surface area contributed by atoms with Gasteiger partial charge in [-0.05, 0) is 119 Å². The summed E-state index contributed by atoms with van der Waals surface area (Å²) in [5, 5.41) is 43.9. The van der Waals surface area contributed by atoms with Gasteiger partial charge in [-0.1, -0.05) is 87.6 Å². The number of aromatic nitrogens is 4. The molecule has 0 amide bonds. The van der Waals surface area contributed by atoms with Crippen LogP contribution in [0.4, 0.5) is 0 Å². The SMILES string of the molecule is C.C.Oc1ccccc1-c1nc2cc(-c3ccc4sc(-c5ccccc5O)nc4c3)ccc2s1.Oc1ccccc1-c1nc2cc(-c3ccc4sc(-c5ccccc5O)nc4c3)ccc2s1.[CH3-].[CH3-].[CH3-].[CH3-].[Zn+2].[Zn+2]. The molecule has 72 heavy (non-hydrogen) atoms. The quantitative estimate of drug-likeness (QED) is 0.0956. The van der Waals surface area contributed by atoms with Gasteiger partial charge in [0, 0.05) is 0 Å². The van der Waals surface area contributed by atoms with Gasteiger partial charge in [0.15, 0.2) is 0 Å². The smallest absolute Gasteiger partial charge is 0.507 e. The number of aromatic hydroxyl groups is 4. The van der Waals surface area contributed by atoms with Crippen molar-refractivity contribution in [2.75, 3.05) is 0 Å². The van der Waals surface area contributed by atoms with Crippen molar-refractivity contribution < 1.29 is 59.4 Å². The Balaban J connectivity index is 0.000000342. The van der Waals surface area contributed by atoms with E-state index in [1.807, 2.05) is 72.8 Å². The van der Waals surface area contributed by atoms with E-state index in [4.69, 9.17) is 19.9 Å². The number of phenols is 4. The zero-order valence-electron chi connectivity index (χ0n) is 38.8. The second kappa shape index (κ2) is 25.4. The number of nitrogens with zero attached hydrogens (tertiary/aromatic N) is 4. The van der Waals surface area contributed by atoms with Gasteiger partial charge in [-0.15, -0.1) is 45.3 Å². The molecule has 4 aromatic heterocycles. The number of benzene rings is 8. The van der Waals surface area contributed by atoms with E-state index in [0.29, 0.717) is 0 Å². The van der Waals surface area contributed by atoms with Gasteiger partial charge in [-0.25, -0.2) is 19.9 Å². The largest absolute Gasteiger partial charge is 2.00 e. The molecule has 0 atom stereocenters. The van der Waals surface area contributed by atoms with Gasteiger partial charge < -0.3 is 50.1 Å². The van der Waals surface area contributed by atoms with E-state index >= 15 is 0 Å². The van der Waals surface area contributed by atoms with Crippen molar-refractivity contribution in [1.29, 1.82) is 0 Å². The molecule has 0 saturated carbocycles. The van der Waals surface area contributed by atoms with E-state index in [-0.39, 0.29) is 107 Å². The van der Waals surface area contributed by atoms with Crippen LogP contribution in [0.25, 0.3) is 105 Å². The van der Waals surface area contributed by atoms with Crippen LogP contribution in [0, 0.1) is 29.7 Å². The van der Waals surface area contributed by atoms with Gasteiger partial charge >= 0.3 is 39.0 Å². The molecule has 8 aromatic carbocycles. The molecule has 0 spiro atoms. The van der Waals surface area contributed by atoms with Crippen LogP contribution in [0.15, 0.2) is 170 Å². The Morgan fingerprint density at radius 2 is 0.472 bits per heavy atom. The van der Waals surface area contributed by atoms with E-state index < -0.39 is 0 Å². The molecule has 8 nitrogen and oxygen atoms in total. The van der Waals surface area contributed by atoms with Crippen molar-refractivity contribution in [2.45, 2.75) is 14.9 Å². The molecule has 4 heterocycles. The molecule has 356 valence electrons. The standard InChI is InChI=1S/2C26H16N2O2S2.2CH4.4CH3.2Zn/c2*29-21-7-3-1-5-17(21)25-27-19-13-15(9-11-23(19)31-25)16-10-12-24-20(14-16)28-26(32-24)18-6-2-4-8-22(18)30;;;;;;;;/h2*1-14,29-30H;2*1H4;4*1H3;;/q;;;;4*-1;2*+2. The van der Waals surface area contributed by atoms with Crippen LogP contribution in [0.1, 0.15) is 14.9 Å². The summed E-state index contributed by atoms with van der Waals surface area (Å²) in [4.78, 5) is 19.1. The maximum absolute atomic E-state index is 10.2. The number of hydrogen-bond acceptors (Lipinski definition) is 12. The fourth-order valence-corrected chi connectivity index (χ4v) is 11.4. The maximum atomic E-state index is 10.2. The molecule has 0 aliphatic rings. The number of para-hydroxylation sites is 4. The van der Waals surface area contributed by atoms with Crippen LogP contribution in [0.3, 0.4) is 0 Å². The van der Waals surface area contributed by atoms with Crippen molar-refractivity contribution in [1.82, 2.24) is 19.9 Å². The Kier molecular flexibility index (Phi) is 21.2. The third kappa shape index (κ3) is 11.8. The molecule has 0 saturated heterocycles. The summed E-state index contributed by atoms with van der Waals surface area (Å²) in [6.07, 6.45) is 0. The fraction of sp³-hybridized carbons (Fsp3) is 0.0345. The third-order valence-electron chi connectivity index (χ3n) is 10.8. The minimum Gasteiger partial charge on any atom is -0.507 e. The van der Waals surface area contributed by atoms with E-state index in [2.05, 4.69) is 72.8 Å². The molecule has 0 aliphatic carbocycles. The molecular weight excluding hydrogens is 1080 g/mol. The molecule has 0 radical (unpaired) electrons. The molecule has 0 fully saturated rings. The van der Waals surface area contributed by atoms with Crippen molar-refractivity contribution >= 4 is 86.2 Å². The Morgan fingerprint density at radius 3 is 0.667 bits per heavy atom. The summed E-state index contributed by atoms with van der Waals surface area (Å²) < 4.78 is 4.29. The van der Waals surface area contributed by atoms with E-state index in [1.54, 1.807) is 69.6 Å². The van der Waals surface area contributed by atoms with Gasteiger partial charge in [0.25, 0.3) is 0 Å². The molecule has 0 aliphatic heterocycles. The number of rotatable bonds is 6. The van der Waals surface area contributed by atoms with Crippen molar-refractivity contribution in [3.63, 3.8) is 0 Å². The first-order valence-electron chi connectivity index (χ1n) is 20.1. The first kappa shape index (κ1) is 60.1.